The Morgan fingerprint density at radius 2 is 1.74 bits per heavy atom. The van der Waals surface area contributed by atoms with Gasteiger partial charge in [0.25, 0.3) is 0 Å². The molecule has 0 unspecified atom stereocenters. The third-order valence-corrected chi connectivity index (χ3v) is 5.90. The highest BCUT2D eigenvalue weighted by molar-refractivity contribution is 9.10. The summed E-state index contributed by atoms with van der Waals surface area (Å²) in [5.74, 6) is 0.264. The minimum atomic E-state index is -0.934. The number of hydrogen-bond acceptors (Lipinski definition) is 4. The van der Waals surface area contributed by atoms with Gasteiger partial charge in [-0.25, -0.2) is 4.79 Å². The van der Waals surface area contributed by atoms with Crippen LogP contribution in [0.4, 0.5) is 0 Å². The van der Waals surface area contributed by atoms with E-state index in [1.807, 2.05) is 18.2 Å². The number of hydrogen-bond donors (Lipinski definition) is 2. The molecule has 0 saturated carbocycles. The third kappa shape index (κ3) is 6.37. The van der Waals surface area contributed by atoms with Gasteiger partial charge < -0.3 is 19.9 Å². The summed E-state index contributed by atoms with van der Waals surface area (Å²) in [6.45, 7) is 1.46. The molecule has 0 amide bonds. The van der Waals surface area contributed by atoms with Crippen LogP contribution in [0.3, 0.4) is 0 Å². The topological polar surface area (TPSA) is 67.8 Å². The van der Waals surface area contributed by atoms with E-state index in [0.29, 0.717) is 34.6 Å². The molecule has 5 nitrogen and oxygen atoms in total. The molecule has 0 fully saturated rings. The van der Waals surface area contributed by atoms with Crippen LogP contribution in [-0.2, 0) is 19.7 Å². The number of carboxylic acids is 1. The monoisotopic (exact) mass is 523 g/mol. The highest BCUT2D eigenvalue weighted by Gasteiger charge is 2.12. The molecule has 0 aromatic heterocycles. The molecule has 0 bridgehead atoms. The Morgan fingerprint density at radius 1 is 1.00 bits per heavy atom. The molecule has 0 heterocycles. The largest absolute Gasteiger partial charge is 0.493 e. The van der Waals surface area contributed by atoms with Gasteiger partial charge in [-0.05, 0) is 47.5 Å². The number of ether oxygens (including phenoxy) is 2. The fourth-order valence-corrected chi connectivity index (χ4v) is 3.81. The van der Waals surface area contributed by atoms with Gasteiger partial charge in [0.2, 0.25) is 0 Å². The van der Waals surface area contributed by atoms with Gasteiger partial charge in [0, 0.05) is 33.2 Å². The van der Waals surface area contributed by atoms with Crippen molar-refractivity contribution in [2.45, 2.75) is 19.7 Å². The Labute approximate surface area is 199 Å². The maximum Gasteiger partial charge on any atom is 0.335 e. The molecule has 31 heavy (non-hydrogen) atoms. The smallest absolute Gasteiger partial charge is 0.335 e. The average Bonchev–Trinajstić information content (AvgIpc) is 2.74. The van der Waals surface area contributed by atoms with Crippen LogP contribution < -0.4 is 14.8 Å². The number of benzene rings is 3. The number of carbonyl (C=O) groups is 1. The lowest BCUT2D eigenvalue weighted by Crippen LogP contribution is -2.13. The van der Waals surface area contributed by atoms with E-state index in [1.54, 1.807) is 43.5 Å². The molecule has 0 aliphatic rings. The SMILES string of the molecule is COc1cc(CNCc2ccc(C(=O)O)cc2)c(Br)cc1OCc1ccc(Cl)cc1Cl. The first kappa shape index (κ1) is 23.4. The zero-order chi connectivity index (χ0) is 22.4. The van der Waals surface area contributed by atoms with E-state index in [2.05, 4.69) is 21.2 Å². The van der Waals surface area contributed by atoms with Crippen molar-refractivity contribution in [3.63, 3.8) is 0 Å². The van der Waals surface area contributed by atoms with E-state index >= 15 is 0 Å². The van der Waals surface area contributed by atoms with Gasteiger partial charge in [-0.15, -0.1) is 0 Å². The van der Waals surface area contributed by atoms with Crippen molar-refractivity contribution in [1.82, 2.24) is 5.32 Å². The van der Waals surface area contributed by atoms with Crippen LogP contribution in [0.5, 0.6) is 11.5 Å². The van der Waals surface area contributed by atoms with Crippen molar-refractivity contribution in [2.75, 3.05) is 7.11 Å². The van der Waals surface area contributed by atoms with E-state index in [9.17, 15) is 4.79 Å². The number of carboxylic acid groups (broad SMARTS) is 1. The minimum Gasteiger partial charge on any atom is -0.493 e. The molecule has 0 atom stereocenters. The Bertz CT molecular complexity index is 1070. The number of rotatable bonds is 9. The van der Waals surface area contributed by atoms with E-state index in [-0.39, 0.29) is 12.2 Å². The normalized spacial score (nSPS) is 10.7. The molecular formula is C23H20BrCl2NO4. The van der Waals surface area contributed by atoms with Crippen LogP contribution in [0, 0.1) is 0 Å². The molecule has 0 aliphatic heterocycles. The van der Waals surface area contributed by atoms with Crippen LogP contribution in [0.1, 0.15) is 27.0 Å². The van der Waals surface area contributed by atoms with Crippen LogP contribution in [-0.4, -0.2) is 18.2 Å². The summed E-state index contributed by atoms with van der Waals surface area (Å²) in [6, 6.07) is 15.8. The first-order valence-corrected chi connectivity index (χ1v) is 10.9. The maximum absolute atomic E-state index is 10.9. The summed E-state index contributed by atoms with van der Waals surface area (Å²) in [5.41, 5.74) is 3.08. The van der Waals surface area contributed by atoms with Crippen molar-refractivity contribution >= 4 is 45.1 Å². The van der Waals surface area contributed by atoms with Gasteiger partial charge in [0.15, 0.2) is 11.5 Å². The minimum absolute atomic E-state index is 0.270. The highest BCUT2D eigenvalue weighted by Crippen LogP contribution is 2.34. The van der Waals surface area contributed by atoms with Gasteiger partial charge in [0.1, 0.15) is 6.61 Å². The molecular weight excluding hydrogens is 505 g/mol. The molecule has 3 aromatic rings. The van der Waals surface area contributed by atoms with Crippen molar-refractivity contribution in [3.05, 3.63) is 91.4 Å². The number of nitrogens with one attached hydrogen (secondary N) is 1. The Balaban J connectivity index is 1.63. The lowest BCUT2D eigenvalue weighted by Gasteiger charge is -2.15. The zero-order valence-electron chi connectivity index (χ0n) is 16.6. The summed E-state index contributed by atoms with van der Waals surface area (Å²) < 4.78 is 12.3. The quantitative estimate of drug-likeness (QED) is 0.342. The van der Waals surface area contributed by atoms with Crippen molar-refractivity contribution in [3.8, 4) is 11.5 Å². The van der Waals surface area contributed by atoms with Gasteiger partial charge in [-0.3, -0.25) is 0 Å². The van der Waals surface area contributed by atoms with Gasteiger partial charge >= 0.3 is 5.97 Å². The predicted octanol–water partition coefficient (Wildman–Crippen LogP) is 6.33. The Morgan fingerprint density at radius 3 is 2.39 bits per heavy atom. The highest BCUT2D eigenvalue weighted by atomic mass is 79.9. The van der Waals surface area contributed by atoms with E-state index < -0.39 is 5.97 Å². The predicted molar refractivity (Wildman–Crippen MR) is 125 cm³/mol. The summed E-state index contributed by atoms with van der Waals surface area (Å²) in [5, 5.41) is 13.4. The number of halogens is 3. The van der Waals surface area contributed by atoms with Crippen molar-refractivity contribution in [2.24, 2.45) is 0 Å². The molecule has 3 aromatic carbocycles. The lowest BCUT2D eigenvalue weighted by atomic mass is 10.1. The molecule has 0 radical (unpaired) electrons. The first-order chi connectivity index (χ1) is 14.9. The van der Waals surface area contributed by atoms with Crippen LogP contribution in [0.2, 0.25) is 10.0 Å². The fraction of sp³-hybridized carbons (Fsp3) is 0.174. The molecule has 2 N–H and O–H groups in total. The van der Waals surface area contributed by atoms with Crippen molar-refractivity contribution in [1.29, 1.82) is 0 Å². The molecule has 0 saturated heterocycles. The van der Waals surface area contributed by atoms with E-state index in [0.717, 1.165) is 21.2 Å². The zero-order valence-corrected chi connectivity index (χ0v) is 19.7. The summed E-state index contributed by atoms with van der Waals surface area (Å²) in [7, 11) is 1.59. The van der Waals surface area contributed by atoms with Crippen molar-refractivity contribution < 1.29 is 19.4 Å². The summed E-state index contributed by atoms with van der Waals surface area (Å²) in [6.07, 6.45) is 0. The van der Waals surface area contributed by atoms with E-state index in [1.165, 1.54) is 0 Å². The molecule has 162 valence electrons. The first-order valence-electron chi connectivity index (χ1n) is 9.33. The molecule has 3 rings (SSSR count). The van der Waals surface area contributed by atoms with Gasteiger partial charge in [0.05, 0.1) is 12.7 Å². The average molecular weight is 525 g/mol. The summed E-state index contributed by atoms with van der Waals surface area (Å²) in [4.78, 5) is 10.9. The standard InChI is InChI=1S/C23H20BrCl2NO4/c1-30-21-8-17(12-27-11-14-2-4-15(5-3-14)23(28)29)19(24)10-22(21)31-13-16-6-7-18(25)9-20(16)26/h2-10,27H,11-13H2,1H3,(H,28,29). The second-order valence-electron chi connectivity index (χ2n) is 6.72. The van der Waals surface area contributed by atoms with Gasteiger partial charge in [-0.1, -0.05) is 57.3 Å². The van der Waals surface area contributed by atoms with Crippen LogP contribution >= 0.6 is 39.1 Å². The lowest BCUT2D eigenvalue weighted by molar-refractivity contribution is 0.0697. The van der Waals surface area contributed by atoms with Crippen LogP contribution in [0.25, 0.3) is 0 Å². The van der Waals surface area contributed by atoms with Gasteiger partial charge in [-0.2, -0.15) is 0 Å². The Hall–Kier alpha value is -2.25. The molecule has 8 heteroatoms. The Kier molecular flexibility index (Phi) is 8.21. The second kappa shape index (κ2) is 10.9. The van der Waals surface area contributed by atoms with E-state index in [4.69, 9.17) is 37.8 Å². The molecule has 0 spiro atoms. The fourth-order valence-electron chi connectivity index (χ4n) is 2.89. The number of aromatic carboxylic acids is 1. The second-order valence-corrected chi connectivity index (χ2v) is 8.42. The molecule has 0 aliphatic carbocycles. The summed E-state index contributed by atoms with van der Waals surface area (Å²) >= 11 is 15.7. The third-order valence-electron chi connectivity index (χ3n) is 4.58. The number of methoxy groups -OCH3 is 1. The maximum atomic E-state index is 10.9. The van der Waals surface area contributed by atoms with Crippen LogP contribution in [0.15, 0.2) is 59.1 Å².